The van der Waals surface area contributed by atoms with Gasteiger partial charge in [0.15, 0.2) is 6.29 Å². The molecule has 0 radical (unpaired) electrons. The second-order valence-corrected chi connectivity index (χ2v) is 8.94. The van der Waals surface area contributed by atoms with Crippen LogP contribution in [0.5, 0.6) is 0 Å². The van der Waals surface area contributed by atoms with Gasteiger partial charge in [0, 0.05) is 6.42 Å². The second kappa shape index (κ2) is 18.3. The van der Waals surface area contributed by atoms with Crippen molar-refractivity contribution in [2.24, 2.45) is 0 Å². The molecule has 1 rings (SSSR count). The Morgan fingerprint density at radius 1 is 0.800 bits per heavy atom. The zero-order chi connectivity index (χ0) is 22.0. The second-order valence-electron chi connectivity index (χ2n) is 8.94. The fraction of sp³-hybridized carbons (Fsp3) is 1.00. The minimum atomic E-state index is -0.916. The molecule has 1 fully saturated rings. The minimum absolute atomic E-state index is 0.122. The monoisotopic (exact) mass is 432 g/mol. The number of aliphatic hydroxyl groups is 4. The average molecular weight is 433 g/mol. The summed E-state index contributed by atoms with van der Waals surface area (Å²) in [7, 11) is 0. The van der Waals surface area contributed by atoms with Gasteiger partial charge in [-0.3, -0.25) is 0 Å². The number of rotatable bonds is 19. The maximum absolute atomic E-state index is 10.1. The summed E-state index contributed by atoms with van der Waals surface area (Å²) in [6, 6.07) is 0. The van der Waals surface area contributed by atoms with E-state index in [9.17, 15) is 15.3 Å². The van der Waals surface area contributed by atoms with E-state index in [1.165, 1.54) is 70.6 Å². The van der Waals surface area contributed by atoms with Crippen LogP contribution in [0.25, 0.3) is 0 Å². The van der Waals surface area contributed by atoms with Gasteiger partial charge in [-0.15, -0.1) is 0 Å². The van der Waals surface area contributed by atoms with E-state index in [0.717, 1.165) is 19.3 Å². The normalized spacial score (nSPS) is 25.5. The lowest BCUT2D eigenvalue weighted by Crippen LogP contribution is -2.49. The van der Waals surface area contributed by atoms with Crippen LogP contribution in [0.15, 0.2) is 0 Å². The quantitative estimate of drug-likeness (QED) is 0.230. The van der Waals surface area contributed by atoms with Gasteiger partial charge in [-0.25, -0.2) is 0 Å². The molecule has 0 aromatic carbocycles. The van der Waals surface area contributed by atoms with Crippen LogP contribution in [0.2, 0.25) is 0 Å². The number of hydrogen-bond donors (Lipinski definition) is 4. The molecule has 5 atom stereocenters. The highest BCUT2D eigenvalue weighted by Crippen LogP contribution is 2.21. The number of aliphatic hydroxyl groups excluding tert-OH is 4. The molecule has 1 aliphatic heterocycles. The molecule has 1 saturated heterocycles. The third-order valence-electron chi connectivity index (χ3n) is 6.09. The first-order valence-electron chi connectivity index (χ1n) is 12.5. The summed E-state index contributed by atoms with van der Waals surface area (Å²) in [5, 5.41) is 38.8. The van der Waals surface area contributed by atoms with E-state index in [0.29, 0.717) is 6.42 Å². The van der Waals surface area contributed by atoms with Crippen molar-refractivity contribution < 1.29 is 29.9 Å². The molecule has 0 aliphatic carbocycles. The molecule has 1 aliphatic rings. The van der Waals surface area contributed by atoms with E-state index in [4.69, 9.17) is 14.6 Å². The Labute approximate surface area is 184 Å². The Kier molecular flexibility index (Phi) is 17.0. The Bertz CT molecular complexity index is 381. The van der Waals surface area contributed by atoms with Crippen molar-refractivity contribution in [1.82, 2.24) is 0 Å². The van der Waals surface area contributed by atoms with E-state index in [1.54, 1.807) is 0 Å². The van der Waals surface area contributed by atoms with Crippen LogP contribution >= 0.6 is 0 Å². The highest BCUT2D eigenvalue weighted by Gasteiger charge is 2.36. The van der Waals surface area contributed by atoms with Crippen molar-refractivity contribution in [3.63, 3.8) is 0 Å². The summed E-state index contributed by atoms with van der Waals surface area (Å²) in [5.74, 6) is 0. The molecule has 1 heterocycles. The van der Waals surface area contributed by atoms with Gasteiger partial charge in [-0.05, 0) is 12.8 Å². The van der Waals surface area contributed by atoms with Crippen molar-refractivity contribution in [2.75, 3.05) is 13.2 Å². The summed E-state index contributed by atoms with van der Waals surface area (Å²) in [5.41, 5.74) is 0. The van der Waals surface area contributed by atoms with Gasteiger partial charge < -0.3 is 29.9 Å². The zero-order valence-corrected chi connectivity index (χ0v) is 19.2. The average Bonchev–Trinajstić information content (AvgIpc) is 2.73. The molecule has 30 heavy (non-hydrogen) atoms. The molecule has 0 amide bonds. The third kappa shape index (κ3) is 13.2. The molecule has 0 saturated carbocycles. The minimum Gasteiger partial charge on any atom is -0.394 e. The van der Waals surface area contributed by atoms with Gasteiger partial charge in [-0.1, -0.05) is 90.4 Å². The highest BCUT2D eigenvalue weighted by molar-refractivity contribution is 4.80. The maximum atomic E-state index is 10.1. The van der Waals surface area contributed by atoms with E-state index in [-0.39, 0.29) is 19.6 Å². The van der Waals surface area contributed by atoms with E-state index in [2.05, 4.69) is 6.92 Å². The molecule has 0 aromatic heterocycles. The first-order valence-corrected chi connectivity index (χ1v) is 12.5. The van der Waals surface area contributed by atoms with Crippen LogP contribution in [0.4, 0.5) is 0 Å². The number of hydrogen-bond acceptors (Lipinski definition) is 6. The van der Waals surface area contributed by atoms with Crippen LogP contribution in [-0.4, -0.2) is 64.3 Å². The highest BCUT2D eigenvalue weighted by atomic mass is 16.7. The van der Waals surface area contributed by atoms with Crippen molar-refractivity contribution in [3.8, 4) is 0 Å². The third-order valence-corrected chi connectivity index (χ3v) is 6.09. The summed E-state index contributed by atoms with van der Waals surface area (Å²) in [4.78, 5) is 0. The predicted molar refractivity (Wildman–Crippen MR) is 119 cm³/mol. The molecule has 6 heteroatoms. The lowest BCUT2D eigenvalue weighted by molar-refractivity contribution is -0.271. The van der Waals surface area contributed by atoms with Crippen molar-refractivity contribution in [1.29, 1.82) is 0 Å². The molecule has 0 bridgehead atoms. The first-order chi connectivity index (χ1) is 14.6. The lowest BCUT2D eigenvalue weighted by Gasteiger charge is -2.36. The molecule has 0 spiro atoms. The largest absolute Gasteiger partial charge is 0.394 e. The van der Waals surface area contributed by atoms with Crippen LogP contribution < -0.4 is 0 Å². The van der Waals surface area contributed by atoms with Gasteiger partial charge in [-0.2, -0.15) is 0 Å². The zero-order valence-electron chi connectivity index (χ0n) is 19.2. The van der Waals surface area contributed by atoms with Gasteiger partial charge in [0.25, 0.3) is 0 Å². The molecular formula is C24H48O6. The van der Waals surface area contributed by atoms with Crippen LogP contribution in [0, 0.1) is 0 Å². The molecule has 4 unspecified atom stereocenters. The summed E-state index contributed by atoms with van der Waals surface area (Å²) < 4.78 is 10.9. The van der Waals surface area contributed by atoms with Crippen molar-refractivity contribution >= 4 is 0 Å². The summed E-state index contributed by atoms with van der Waals surface area (Å²) >= 11 is 0. The van der Waals surface area contributed by atoms with Gasteiger partial charge in [0.1, 0.15) is 12.2 Å². The predicted octanol–water partition coefficient (Wildman–Crippen LogP) is 4.06. The van der Waals surface area contributed by atoms with Crippen LogP contribution in [-0.2, 0) is 9.47 Å². The summed E-state index contributed by atoms with van der Waals surface area (Å²) in [6.45, 7) is 2.24. The summed E-state index contributed by atoms with van der Waals surface area (Å²) in [6.07, 6.45) is 14.7. The standard InChI is InChI=1S/C24H48O6/c1-2-3-4-5-6-7-8-9-10-11-12-13-14-15-20(26)16-17-29-24-22(28)18-21(27)23(19-25)30-24/h20-28H,2-19H2,1H3/t20-,21?,22?,23?,24?/m1/s1. The van der Waals surface area contributed by atoms with Gasteiger partial charge in [0.2, 0.25) is 0 Å². The fourth-order valence-electron chi connectivity index (χ4n) is 4.04. The first kappa shape index (κ1) is 27.8. The molecule has 0 aromatic rings. The molecule has 6 nitrogen and oxygen atoms in total. The maximum Gasteiger partial charge on any atom is 0.184 e. The van der Waals surface area contributed by atoms with E-state index >= 15 is 0 Å². The molecule has 4 N–H and O–H groups in total. The lowest BCUT2D eigenvalue weighted by atomic mass is 10.0. The Morgan fingerprint density at radius 2 is 1.33 bits per heavy atom. The van der Waals surface area contributed by atoms with E-state index in [1.807, 2.05) is 0 Å². The van der Waals surface area contributed by atoms with Gasteiger partial charge >= 0.3 is 0 Å². The van der Waals surface area contributed by atoms with Gasteiger partial charge in [0.05, 0.1) is 25.4 Å². The molecule has 180 valence electrons. The SMILES string of the molecule is CCCCCCCCCCCCCCC[C@@H](O)CCOC1OC(CO)C(O)CC1O. The van der Waals surface area contributed by atoms with E-state index < -0.39 is 30.7 Å². The van der Waals surface area contributed by atoms with Crippen molar-refractivity contribution in [3.05, 3.63) is 0 Å². The Hall–Kier alpha value is -0.240. The van der Waals surface area contributed by atoms with Crippen LogP contribution in [0.3, 0.4) is 0 Å². The molecular weight excluding hydrogens is 384 g/mol. The van der Waals surface area contributed by atoms with Crippen LogP contribution in [0.1, 0.15) is 110 Å². The number of ether oxygens (including phenoxy) is 2. The smallest absolute Gasteiger partial charge is 0.184 e. The topological polar surface area (TPSA) is 99.4 Å². The van der Waals surface area contributed by atoms with Crippen molar-refractivity contribution in [2.45, 2.75) is 140 Å². The number of unbranched alkanes of at least 4 members (excludes halogenated alkanes) is 12. The Morgan fingerprint density at radius 3 is 1.87 bits per heavy atom. The fourth-order valence-corrected chi connectivity index (χ4v) is 4.04. The Balaban J connectivity index is 1.89.